The van der Waals surface area contributed by atoms with E-state index in [0.717, 1.165) is 35.4 Å². The predicted molar refractivity (Wildman–Crippen MR) is 93.7 cm³/mol. The fraction of sp³-hybridized carbons (Fsp3) is 0.312. The van der Waals surface area contributed by atoms with Crippen LogP contribution in [-0.4, -0.2) is 19.4 Å². The molecule has 0 amide bonds. The fourth-order valence-electron chi connectivity index (χ4n) is 2.40. The van der Waals surface area contributed by atoms with Crippen molar-refractivity contribution in [3.8, 4) is 10.6 Å². The fourth-order valence-corrected chi connectivity index (χ4v) is 4.20. The second kappa shape index (κ2) is 7.39. The molecular weight excluding hydrogens is 426 g/mol. The van der Waals surface area contributed by atoms with E-state index in [4.69, 9.17) is 0 Å². The maximum absolute atomic E-state index is 13.2. The number of hydrogen-bond acceptors (Lipinski definition) is 5. The lowest BCUT2D eigenvalue weighted by molar-refractivity contribution is -0.140. The molecule has 0 atom stereocenters. The minimum absolute atomic E-state index is 0.0504. The number of nitrogens with zero attached hydrogens (tertiary/aromatic N) is 4. The summed E-state index contributed by atoms with van der Waals surface area (Å²) in [4.78, 5) is 3.41. The molecule has 0 saturated carbocycles. The van der Waals surface area contributed by atoms with Crippen LogP contribution in [0.5, 0.6) is 0 Å². The van der Waals surface area contributed by atoms with Gasteiger partial charge in [0.25, 0.3) is 0 Å². The maximum atomic E-state index is 13.2. The molecule has 0 unspecified atom stereocenters. The molecule has 0 fully saturated rings. The minimum Gasteiger partial charge on any atom is -0.236 e. The van der Waals surface area contributed by atoms with Crippen molar-refractivity contribution in [2.24, 2.45) is 0 Å². The summed E-state index contributed by atoms with van der Waals surface area (Å²) in [6, 6.07) is 4.82. The van der Waals surface area contributed by atoms with Crippen LogP contribution in [0.4, 0.5) is 26.3 Å². The Labute approximate surface area is 163 Å². The van der Waals surface area contributed by atoms with Gasteiger partial charge >= 0.3 is 12.4 Å². The molecule has 12 heteroatoms. The summed E-state index contributed by atoms with van der Waals surface area (Å²) in [5, 5.41) is 7.90. The van der Waals surface area contributed by atoms with Crippen LogP contribution in [0.3, 0.4) is 0 Å². The molecule has 0 aliphatic carbocycles. The van der Waals surface area contributed by atoms with Gasteiger partial charge in [-0.15, -0.1) is 16.4 Å². The van der Waals surface area contributed by atoms with Gasteiger partial charge in [-0.2, -0.15) is 30.4 Å². The van der Waals surface area contributed by atoms with E-state index in [1.165, 1.54) is 23.1 Å². The molecule has 28 heavy (non-hydrogen) atoms. The number of alkyl halides is 6. The lowest BCUT2D eigenvalue weighted by atomic mass is 10.1. The average molecular weight is 438 g/mol. The van der Waals surface area contributed by atoms with Crippen LogP contribution in [0, 0.1) is 13.8 Å². The largest absolute Gasteiger partial charge is 0.434 e. The van der Waals surface area contributed by atoms with E-state index in [-0.39, 0.29) is 21.3 Å². The molecule has 0 aliphatic heterocycles. The number of thiazole rings is 1. The molecule has 0 aliphatic rings. The van der Waals surface area contributed by atoms with Crippen LogP contribution < -0.4 is 0 Å². The Morgan fingerprint density at radius 1 is 1.07 bits per heavy atom. The second-order valence-electron chi connectivity index (χ2n) is 5.78. The van der Waals surface area contributed by atoms with Gasteiger partial charge in [0.2, 0.25) is 0 Å². The van der Waals surface area contributed by atoms with E-state index >= 15 is 0 Å². The van der Waals surface area contributed by atoms with Gasteiger partial charge in [0.1, 0.15) is 5.69 Å². The van der Waals surface area contributed by atoms with Crippen LogP contribution >= 0.6 is 23.3 Å². The van der Waals surface area contributed by atoms with Crippen molar-refractivity contribution in [3.63, 3.8) is 0 Å². The average Bonchev–Trinajstić information content (AvgIpc) is 3.15. The number of hydrogen-bond donors (Lipinski definition) is 0. The standard InChI is InChI=1S/C16H12F6N4S2/c1-8-12(13-14(16(20,21)22)23-9(2)28-13)24-25-26(8)27-7-10-4-3-5-11(6-10)15(17,18)19/h3-6H,7H2,1-2H3. The molecule has 0 saturated heterocycles. The third kappa shape index (κ3) is 4.32. The predicted octanol–water partition coefficient (Wildman–Crippen LogP) is 5.75. The first-order valence-corrected chi connectivity index (χ1v) is 9.49. The van der Waals surface area contributed by atoms with E-state index in [0.29, 0.717) is 11.3 Å². The van der Waals surface area contributed by atoms with E-state index < -0.39 is 23.6 Å². The van der Waals surface area contributed by atoms with Gasteiger partial charge < -0.3 is 0 Å². The third-order valence-corrected chi connectivity index (χ3v) is 5.71. The summed E-state index contributed by atoms with van der Waals surface area (Å²) in [5.74, 6) is 0.140. The van der Waals surface area contributed by atoms with Crippen LogP contribution in [0.25, 0.3) is 10.6 Å². The smallest absolute Gasteiger partial charge is 0.236 e. The minimum atomic E-state index is -4.62. The monoisotopic (exact) mass is 438 g/mol. The molecule has 3 aromatic rings. The first-order chi connectivity index (χ1) is 13.0. The van der Waals surface area contributed by atoms with Gasteiger partial charge in [0.15, 0.2) is 5.69 Å². The second-order valence-corrected chi connectivity index (χ2v) is 7.87. The van der Waals surface area contributed by atoms with Crippen molar-refractivity contribution in [1.82, 2.24) is 19.4 Å². The molecule has 3 rings (SSSR count). The highest BCUT2D eigenvalue weighted by atomic mass is 32.2. The van der Waals surface area contributed by atoms with Gasteiger partial charge in [0.05, 0.1) is 21.1 Å². The highest BCUT2D eigenvalue weighted by Gasteiger charge is 2.38. The Hall–Kier alpha value is -2.08. The Balaban J connectivity index is 1.84. The maximum Gasteiger partial charge on any atom is 0.434 e. The van der Waals surface area contributed by atoms with Gasteiger partial charge in [-0.25, -0.2) is 4.98 Å². The topological polar surface area (TPSA) is 43.6 Å². The highest BCUT2D eigenvalue weighted by Crippen LogP contribution is 2.40. The van der Waals surface area contributed by atoms with Crippen LogP contribution in [-0.2, 0) is 18.1 Å². The molecule has 1 aromatic carbocycles. The Morgan fingerprint density at radius 2 is 1.79 bits per heavy atom. The normalized spacial score (nSPS) is 12.6. The van der Waals surface area contributed by atoms with Crippen molar-refractivity contribution in [1.29, 1.82) is 0 Å². The molecule has 0 bridgehead atoms. The lowest BCUT2D eigenvalue weighted by Gasteiger charge is -2.09. The summed E-state index contributed by atoms with van der Waals surface area (Å²) in [6.45, 7) is 3.01. The van der Waals surface area contributed by atoms with E-state index in [1.54, 1.807) is 6.92 Å². The molecule has 150 valence electrons. The first kappa shape index (κ1) is 20.6. The summed E-state index contributed by atoms with van der Waals surface area (Å²) in [7, 11) is 0. The van der Waals surface area contributed by atoms with Gasteiger partial charge in [-0.1, -0.05) is 23.4 Å². The molecule has 0 spiro atoms. The Morgan fingerprint density at radius 3 is 2.43 bits per heavy atom. The zero-order valence-corrected chi connectivity index (χ0v) is 16.0. The number of benzene rings is 1. The van der Waals surface area contributed by atoms with Crippen LogP contribution in [0.15, 0.2) is 24.3 Å². The Bertz CT molecular complexity index is 990. The number of halogens is 6. The van der Waals surface area contributed by atoms with E-state index in [9.17, 15) is 26.3 Å². The number of rotatable bonds is 4. The highest BCUT2D eigenvalue weighted by molar-refractivity contribution is 7.96. The zero-order valence-electron chi connectivity index (χ0n) is 14.4. The van der Waals surface area contributed by atoms with Crippen LogP contribution in [0.1, 0.15) is 27.5 Å². The van der Waals surface area contributed by atoms with Crippen molar-refractivity contribution in [3.05, 3.63) is 51.8 Å². The molecule has 0 N–H and O–H groups in total. The van der Waals surface area contributed by atoms with Crippen molar-refractivity contribution >= 4 is 23.3 Å². The van der Waals surface area contributed by atoms with Crippen molar-refractivity contribution < 1.29 is 26.3 Å². The van der Waals surface area contributed by atoms with Gasteiger partial charge in [0, 0.05) is 5.75 Å². The first-order valence-electron chi connectivity index (χ1n) is 7.73. The van der Waals surface area contributed by atoms with E-state index in [2.05, 4.69) is 15.3 Å². The van der Waals surface area contributed by atoms with E-state index in [1.807, 2.05) is 0 Å². The van der Waals surface area contributed by atoms with Gasteiger partial charge in [-0.3, -0.25) is 0 Å². The molecule has 2 heterocycles. The molecule has 4 nitrogen and oxygen atoms in total. The van der Waals surface area contributed by atoms with Crippen LogP contribution in [0.2, 0.25) is 0 Å². The molecule has 2 aromatic heterocycles. The third-order valence-electron chi connectivity index (χ3n) is 3.68. The summed E-state index contributed by atoms with van der Waals surface area (Å²) in [5.41, 5.74) is -0.980. The lowest BCUT2D eigenvalue weighted by Crippen LogP contribution is -2.07. The SMILES string of the molecule is Cc1nc(C(F)(F)F)c(-c2nnn(SCc3cccc(C(F)(F)F)c3)c2C)s1. The van der Waals surface area contributed by atoms with Crippen molar-refractivity contribution in [2.45, 2.75) is 32.0 Å². The molecule has 0 radical (unpaired) electrons. The number of aryl methyl sites for hydroxylation is 1. The van der Waals surface area contributed by atoms with Crippen molar-refractivity contribution in [2.75, 3.05) is 0 Å². The summed E-state index contributed by atoms with van der Waals surface area (Å²) < 4.78 is 79.2. The zero-order chi connectivity index (χ0) is 20.7. The summed E-state index contributed by atoms with van der Waals surface area (Å²) in [6.07, 6.45) is -9.07. The number of aromatic nitrogens is 4. The molecular formula is C16H12F6N4S2. The van der Waals surface area contributed by atoms with Gasteiger partial charge in [-0.05, 0) is 37.4 Å². The Kier molecular flexibility index (Phi) is 5.45. The summed E-state index contributed by atoms with van der Waals surface area (Å²) >= 11 is 1.89. The quantitative estimate of drug-likeness (QED) is 0.487.